The number of nitrogens with two attached hydrogens (primary N) is 1. The molecule has 1 aromatic carbocycles. The van der Waals surface area contributed by atoms with Gasteiger partial charge in [-0.2, -0.15) is 0 Å². The van der Waals surface area contributed by atoms with Gasteiger partial charge >= 0.3 is 6.09 Å². The first-order valence-electron chi connectivity index (χ1n) is 6.64. The van der Waals surface area contributed by atoms with Crippen molar-refractivity contribution in [3.8, 4) is 5.75 Å². The third-order valence-corrected chi connectivity index (χ3v) is 2.94. The van der Waals surface area contributed by atoms with E-state index in [0.717, 1.165) is 19.6 Å². The predicted octanol–water partition coefficient (Wildman–Crippen LogP) is 1.22. The van der Waals surface area contributed by atoms with Crippen LogP contribution in [0.4, 0.5) is 4.79 Å². The molecule has 6 heteroatoms. The highest BCUT2D eigenvalue weighted by Crippen LogP contribution is 2.11. The van der Waals surface area contributed by atoms with Crippen molar-refractivity contribution in [2.24, 2.45) is 5.73 Å². The Bertz CT molecular complexity index is 441. The molecule has 2 amide bonds. The molecule has 0 radical (unpaired) electrons. The molecule has 0 spiro atoms. The molecule has 0 saturated carbocycles. The number of ether oxygens (including phenoxy) is 1. The van der Waals surface area contributed by atoms with Crippen molar-refractivity contribution in [2.75, 3.05) is 26.2 Å². The van der Waals surface area contributed by atoms with E-state index >= 15 is 0 Å². The molecule has 0 aliphatic carbocycles. The third-order valence-electron chi connectivity index (χ3n) is 2.94. The molecule has 0 unspecified atom stereocenters. The fourth-order valence-corrected chi connectivity index (χ4v) is 1.76. The van der Waals surface area contributed by atoms with E-state index in [1.54, 1.807) is 12.1 Å². The zero-order chi connectivity index (χ0) is 15.0. The van der Waals surface area contributed by atoms with E-state index in [1.165, 1.54) is 12.1 Å². The topological polar surface area (TPSA) is 84.7 Å². The van der Waals surface area contributed by atoms with Crippen LogP contribution in [0.1, 0.15) is 24.2 Å². The smallest absolute Gasteiger partial charge is 0.409 e. The van der Waals surface area contributed by atoms with Gasteiger partial charge < -0.3 is 20.7 Å². The predicted molar refractivity (Wildman–Crippen MR) is 76.8 cm³/mol. The highest BCUT2D eigenvalue weighted by molar-refractivity contribution is 5.94. The first-order chi connectivity index (χ1) is 9.56. The summed E-state index contributed by atoms with van der Waals surface area (Å²) in [7, 11) is 0. The summed E-state index contributed by atoms with van der Waals surface area (Å²) in [6.45, 7) is 7.52. The molecule has 1 rings (SSSR count). The van der Waals surface area contributed by atoms with E-state index in [9.17, 15) is 9.59 Å². The number of carbonyl (C=O) groups excluding carboxylic acids is 2. The van der Waals surface area contributed by atoms with Crippen LogP contribution in [0.15, 0.2) is 24.3 Å². The van der Waals surface area contributed by atoms with Crippen LogP contribution < -0.4 is 15.8 Å². The minimum Gasteiger partial charge on any atom is -0.411 e. The molecule has 0 fully saturated rings. The number of benzene rings is 1. The van der Waals surface area contributed by atoms with Crippen molar-refractivity contribution < 1.29 is 14.3 Å². The molecule has 20 heavy (non-hydrogen) atoms. The molecule has 0 aromatic heterocycles. The second-order valence-electron chi connectivity index (χ2n) is 4.23. The van der Waals surface area contributed by atoms with Crippen LogP contribution in [0, 0.1) is 0 Å². The van der Waals surface area contributed by atoms with E-state index in [2.05, 4.69) is 24.1 Å². The molecular formula is C14H21N3O3. The van der Waals surface area contributed by atoms with Crippen LogP contribution >= 0.6 is 0 Å². The van der Waals surface area contributed by atoms with Gasteiger partial charge in [0.2, 0.25) is 0 Å². The number of primary amides is 1. The summed E-state index contributed by atoms with van der Waals surface area (Å²) in [5.74, 6) is 0.167. The van der Waals surface area contributed by atoms with Crippen molar-refractivity contribution >= 4 is 12.0 Å². The number of hydrogen-bond acceptors (Lipinski definition) is 4. The van der Waals surface area contributed by atoms with Crippen LogP contribution in [-0.2, 0) is 0 Å². The van der Waals surface area contributed by atoms with Gasteiger partial charge in [-0.1, -0.05) is 13.8 Å². The fraction of sp³-hybridized carbons (Fsp3) is 0.429. The van der Waals surface area contributed by atoms with Gasteiger partial charge in [-0.05, 0) is 37.4 Å². The zero-order valence-electron chi connectivity index (χ0n) is 11.9. The molecule has 3 N–H and O–H groups in total. The van der Waals surface area contributed by atoms with Gasteiger partial charge in [0.15, 0.2) is 0 Å². The maximum atomic E-state index is 11.9. The Morgan fingerprint density at radius 2 is 1.80 bits per heavy atom. The average molecular weight is 279 g/mol. The van der Waals surface area contributed by atoms with E-state index in [1.807, 2.05) is 0 Å². The van der Waals surface area contributed by atoms with Gasteiger partial charge in [0.1, 0.15) is 5.75 Å². The molecule has 0 bridgehead atoms. The molecular weight excluding hydrogens is 258 g/mol. The van der Waals surface area contributed by atoms with E-state index in [0.29, 0.717) is 17.9 Å². The number of nitrogens with one attached hydrogen (secondary N) is 1. The fourth-order valence-electron chi connectivity index (χ4n) is 1.76. The summed E-state index contributed by atoms with van der Waals surface area (Å²) < 4.78 is 4.69. The van der Waals surface area contributed by atoms with Gasteiger partial charge in [0, 0.05) is 18.7 Å². The number of rotatable bonds is 7. The number of likely N-dealkylation sites (N-methyl/N-ethyl adjacent to an activating group) is 1. The summed E-state index contributed by atoms with van der Waals surface area (Å²) in [6.07, 6.45) is -0.874. The summed E-state index contributed by atoms with van der Waals surface area (Å²) in [5, 5.41) is 2.85. The van der Waals surface area contributed by atoms with Crippen molar-refractivity contribution in [3.05, 3.63) is 29.8 Å². The van der Waals surface area contributed by atoms with Crippen molar-refractivity contribution in [3.63, 3.8) is 0 Å². The normalized spacial score (nSPS) is 10.3. The molecule has 0 atom stereocenters. The van der Waals surface area contributed by atoms with E-state index < -0.39 is 6.09 Å². The number of carbonyl (C=O) groups is 2. The van der Waals surface area contributed by atoms with Gasteiger partial charge in [-0.25, -0.2) is 4.79 Å². The lowest BCUT2D eigenvalue weighted by molar-refractivity contribution is 0.0949. The number of hydrogen-bond donors (Lipinski definition) is 2. The Kier molecular flexibility index (Phi) is 6.52. The summed E-state index contributed by atoms with van der Waals surface area (Å²) in [4.78, 5) is 24.7. The van der Waals surface area contributed by atoms with Crippen LogP contribution in [-0.4, -0.2) is 43.1 Å². The molecule has 0 heterocycles. The molecule has 0 saturated heterocycles. The first kappa shape index (κ1) is 16.0. The third kappa shape index (κ3) is 5.27. The van der Waals surface area contributed by atoms with Crippen molar-refractivity contribution in [1.82, 2.24) is 10.2 Å². The molecule has 110 valence electrons. The van der Waals surface area contributed by atoms with Gasteiger partial charge in [-0.15, -0.1) is 0 Å². The SMILES string of the molecule is CCN(CC)CCNC(=O)c1ccc(OC(N)=O)cc1. The zero-order valence-corrected chi connectivity index (χ0v) is 11.9. The first-order valence-corrected chi connectivity index (χ1v) is 6.64. The van der Waals surface area contributed by atoms with Crippen LogP contribution in [0.3, 0.4) is 0 Å². The van der Waals surface area contributed by atoms with E-state index in [-0.39, 0.29) is 5.91 Å². The lowest BCUT2D eigenvalue weighted by atomic mass is 10.2. The monoisotopic (exact) mass is 279 g/mol. The van der Waals surface area contributed by atoms with Crippen LogP contribution in [0.2, 0.25) is 0 Å². The molecule has 0 aliphatic rings. The Hall–Kier alpha value is -2.08. The molecule has 6 nitrogen and oxygen atoms in total. The maximum absolute atomic E-state index is 11.9. The number of amides is 2. The Morgan fingerprint density at radius 3 is 2.30 bits per heavy atom. The van der Waals surface area contributed by atoms with Gasteiger partial charge in [0.25, 0.3) is 5.91 Å². The summed E-state index contributed by atoms with van der Waals surface area (Å²) >= 11 is 0. The largest absolute Gasteiger partial charge is 0.411 e. The highest BCUT2D eigenvalue weighted by atomic mass is 16.5. The minimum atomic E-state index is -0.874. The quantitative estimate of drug-likeness (QED) is 0.786. The lowest BCUT2D eigenvalue weighted by Crippen LogP contribution is -2.34. The Morgan fingerprint density at radius 1 is 1.20 bits per heavy atom. The van der Waals surface area contributed by atoms with Gasteiger partial charge in [0.05, 0.1) is 0 Å². The highest BCUT2D eigenvalue weighted by Gasteiger charge is 2.07. The second kappa shape index (κ2) is 8.16. The lowest BCUT2D eigenvalue weighted by Gasteiger charge is -2.17. The molecule has 1 aromatic rings. The van der Waals surface area contributed by atoms with Gasteiger partial charge in [-0.3, -0.25) is 4.79 Å². The summed E-state index contributed by atoms with van der Waals surface area (Å²) in [6, 6.07) is 6.24. The second-order valence-corrected chi connectivity index (χ2v) is 4.23. The standard InChI is InChI=1S/C14H21N3O3/c1-3-17(4-2)10-9-16-13(18)11-5-7-12(8-6-11)20-14(15)19/h5-8H,3-4,9-10H2,1-2H3,(H2,15,19)(H,16,18). The molecule has 0 aliphatic heterocycles. The number of nitrogens with zero attached hydrogens (tertiary/aromatic N) is 1. The van der Waals surface area contributed by atoms with Crippen molar-refractivity contribution in [1.29, 1.82) is 0 Å². The minimum absolute atomic E-state index is 0.150. The Labute approximate surface area is 118 Å². The Balaban J connectivity index is 2.45. The van der Waals surface area contributed by atoms with Crippen LogP contribution in [0.25, 0.3) is 0 Å². The van der Waals surface area contributed by atoms with Crippen molar-refractivity contribution in [2.45, 2.75) is 13.8 Å². The van der Waals surface area contributed by atoms with E-state index in [4.69, 9.17) is 10.5 Å². The van der Waals surface area contributed by atoms with Crippen LogP contribution in [0.5, 0.6) is 5.75 Å². The average Bonchev–Trinajstić information content (AvgIpc) is 2.43. The summed E-state index contributed by atoms with van der Waals surface area (Å²) in [5.41, 5.74) is 5.41. The maximum Gasteiger partial charge on any atom is 0.409 e.